The van der Waals surface area contributed by atoms with Gasteiger partial charge in [0.05, 0.1) is 0 Å². The van der Waals surface area contributed by atoms with E-state index < -0.39 is 23.2 Å². The molecule has 2 aliphatic rings. The molecule has 5 heteroatoms. The number of carbonyl (C=O) groups is 2. The molecule has 0 bridgehead atoms. The average Bonchev–Trinajstić information content (AvgIpc) is 2.46. The first-order valence-corrected chi connectivity index (χ1v) is 6.97. The number of carbonyl (C=O) groups excluding carboxylic acids is 1. The molecule has 5 nitrogen and oxygen atoms in total. The molecule has 1 aliphatic carbocycles. The Morgan fingerprint density at radius 3 is 2.37 bits per heavy atom. The second-order valence-corrected chi connectivity index (χ2v) is 6.65. The van der Waals surface area contributed by atoms with E-state index in [0.717, 1.165) is 12.8 Å². The van der Waals surface area contributed by atoms with Crippen LogP contribution in [0.25, 0.3) is 0 Å². The molecule has 1 saturated carbocycles. The number of aliphatic carboxylic acids is 1. The summed E-state index contributed by atoms with van der Waals surface area (Å²) >= 11 is 0. The molecular formula is C14H23NO4. The van der Waals surface area contributed by atoms with Gasteiger partial charge in [0.15, 0.2) is 0 Å². The van der Waals surface area contributed by atoms with Crippen LogP contribution in [0.2, 0.25) is 0 Å². The number of fused-ring (bicyclic) bond motifs is 1. The van der Waals surface area contributed by atoms with Crippen LogP contribution in [0, 0.1) is 5.92 Å². The van der Waals surface area contributed by atoms with E-state index >= 15 is 0 Å². The van der Waals surface area contributed by atoms with Crippen LogP contribution in [-0.2, 0) is 9.53 Å². The highest BCUT2D eigenvalue weighted by Gasteiger charge is 2.61. The molecule has 1 aliphatic heterocycles. The SMILES string of the molecule is CCC1(C(=O)O)CC2CCC2N1C(=O)OC(C)(C)C. The van der Waals surface area contributed by atoms with Gasteiger partial charge in [-0.05, 0) is 52.4 Å². The second-order valence-electron chi connectivity index (χ2n) is 6.65. The Labute approximate surface area is 113 Å². The number of ether oxygens (including phenoxy) is 1. The van der Waals surface area contributed by atoms with Crippen molar-refractivity contribution in [2.75, 3.05) is 0 Å². The van der Waals surface area contributed by atoms with Gasteiger partial charge in [0, 0.05) is 6.04 Å². The summed E-state index contributed by atoms with van der Waals surface area (Å²) in [4.78, 5) is 25.6. The molecule has 1 saturated heterocycles. The summed E-state index contributed by atoms with van der Waals surface area (Å²) < 4.78 is 5.41. The number of rotatable bonds is 2. The van der Waals surface area contributed by atoms with Crippen molar-refractivity contribution in [3.63, 3.8) is 0 Å². The first-order chi connectivity index (χ1) is 8.71. The van der Waals surface area contributed by atoms with E-state index in [-0.39, 0.29) is 6.04 Å². The van der Waals surface area contributed by atoms with Gasteiger partial charge in [-0.1, -0.05) is 6.92 Å². The van der Waals surface area contributed by atoms with Crippen molar-refractivity contribution in [1.82, 2.24) is 4.90 Å². The van der Waals surface area contributed by atoms with Crippen molar-refractivity contribution in [2.45, 2.75) is 70.6 Å². The van der Waals surface area contributed by atoms with Gasteiger partial charge < -0.3 is 9.84 Å². The summed E-state index contributed by atoms with van der Waals surface area (Å²) in [5.74, 6) is -0.584. The zero-order valence-corrected chi connectivity index (χ0v) is 12.1. The van der Waals surface area contributed by atoms with Crippen LogP contribution in [0.15, 0.2) is 0 Å². The Balaban J connectivity index is 2.28. The predicted molar refractivity (Wildman–Crippen MR) is 69.9 cm³/mol. The van der Waals surface area contributed by atoms with E-state index in [2.05, 4.69) is 0 Å². The maximum absolute atomic E-state index is 12.4. The molecule has 108 valence electrons. The quantitative estimate of drug-likeness (QED) is 0.836. The standard InChI is InChI=1S/C14H23NO4/c1-5-14(11(16)17)8-9-6-7-10(9)15(14)12(18)19-13(2,3)4/h9-10H,5-8H2,1-4H3,(H,16,17). The van der Waals surface area contributed by atoms with Gasteiger partial charge in [-0.15, -0.1) is 0 Å². The zero-order chi connectivity index (χ0) is 14.4. The molecule has 2 fully saturated rings. The topological polar surface area (TPSA) is 66.8 Å². The van der Waals surface area contributed by atoms with E-state index in [1.165, 1.54) is 4.90 Å². The number of amides is 1. The van der Waals surface area contributed by atoms with Crippen LogP contribution in [0.5, 0.6) is 0 Å². The summed E-state index contributed by atoms with van der Waals surface area (Å²) in [6.07, 6.45) is 2.40. The molecule has 0 spiro atoms. The first kappa shape index (κ1) is 14.2. The Morgan fingerprint density at radius 2 is 2.00 bits per heavy atom. The Morgan fingerprint density at radius 1 is 1.37 bits per heavy atom. The molecule has 0 radical (unpaired) electrons. The van der Waals surface area contributed by atoms with Gasteiger partial charge in [0.25, 0.3) is 0 Å². The van der Waals surface area contributed by atoms with Crippen LogP contribution >= 0.6 is 0 Å². The molecule has 2 rings (SSSR count). The fourth-order valence-electron chi connectivity index (χ4n) is 3.26. The largest absolute Gasteiger partial charge is 0.479 e. The minimum atomic E-state index is -1.08. The Kier molecular flexibility index (Phi) is 3.27. The monoisotopic (exact) mass is 269 g/mol. The van der Waals surface area contributed by atoms with Crippen molar-refractivity contribution in [1.29, 1.82) is 0 Å². The summed E-state index contributed by atoms with van der Waals surface area (Å²) in [6.45, 7) is 7.23. The van der Waals surface area contributed by atoms with Crippen molar-refractivity contribution in [3.05, 3.63) is 0 Å². The molecule has 3 unspecified atom stereocenters. The molecule has 3 atom stereocenters. The highest BCUT2D eigenvalue weighted by Crippen LogP contribution is 2.50. The van der Waals surface area contributed by atoms with Gasteiger partial charge >= 0.3 is 12.1 Å². The lowest BCUT2D eigenvalue weighted by Crippen LogP contribution is -2.57. The number of hydrogen-bond donors (Lipinski definition) is 1. The fraction of sp³-hybridized carbons (Fsp3) is 0.857. The third-order valence-electron chi connectivity index (χ3n) is 4.34. The second kappa shape index (κ2) is 4.39. The normalized spacial score (nSPS) is 33.6. The van der Waals surface area contributed by atoms with Gasteiger partial charge in [-0.2, -0.15) is 0 Å². The fourth-order valence-corrected chi connectivity index (χ4v) is 3.26. The number of nitrogens with zero attached hydrogens (tertiary/aromatic N) is 1. The van der Waals surface area contributed by atoms with Gasteiger partial charge in [-0.25, -0.2) is 9.59 Å². The van der Waals surface area contributed by atoms with E-state index in [1.807, 2.05) is 6.92 Å². The molecule has 0 aromatic carbocycles. The molecule has 1 N–H and O–H groups in total. The lowest BCUT2D eigenvalue weighted by molar-refractivity contribution is -0.150. The zero-order valence-electron chi connectivity index (χ0n) is 12.1. The Hall–Kier alpha value is -1.26. The average molecular weight is 269 g/mol. The first-order valence-electron chi connectivity index (χ1n) is 6.97. The van der Waals surface area contributed by atoms with Crippen LogP contribution in [0.4, 0.5) is 4.79 Å². The Bertz CT molecular complexity index is 401. The molecule has 1 heterocycles. The number of carboxylic acid groups (broad SMARTS) is 1. The van der Waals surface area contributed by atoms with Crippen LogP contribution < -0.4 is 0 Å². The van der Waals surface area contributed by atoms with Crippen molar-refractivity contribution >= 4 is 12.1 Å². The molecule has 0 aromatic heterocycles. The molecule has 1 amide bonds. The number of likely N-dealkylation sites (tertiary alicyclic amines) is 1. The van der Waals surface area contributed by atoms with E-state index in [1.54, 1.807) is 20.8 Å². The number of hydrogen-bond acceptors (Lipinski definition) is 3. The summed E-state index contributed by atoms with van der Waals surface area (Å²) in [6, 6.07) is 0.0471. The van der Waals surface area contributed by atoms with E-state index in [4.69, 9.17) is 4.74 Å². The third-order valence-corrected chi connectivity index (χ3v) is 4.34. The molecule has 19 heavy (non-hydrogen) atoms. The van der Waals surface area contributed by atoms with Gasteiger partial charge in [-0.3, -0.25) is 4.90 Å². The minimum absolute atomic E-state index is 0.0471. The number of carboxylic acids is 1. The van der Waals surface area contributed by atoms with Crippen LogP contribution in [-0.4, -0.2) is 39.3 Å². The lowest BCUT2D eigenvalue weighted by atomic mass is 9.78. The summed E-state index contributed by atoms with van der Waals surface area (Å²) in [7, 11) is 0. The van der Waals surface area contributed by atoms with E-state index in [0.29, 0.717) is 18.8 Å². The summed E-state index contributed by atoms with van der Waals surface area (Å²) in [5.41, 5.74) is -1.68. The molecular weight excluding hydrogens is 246 g/mol. The maximum atomic E-state index is 12.4. The van der Waals surface area contributed by atoms with Crippen molar-refractivity contribution in [2.24, 2.45) is 5.92 Å². The predicted octanol–water partition coefficient (Wildman–Crippen LogP) is 2.64. The van der Waals surface area contributed by atoms with Gasteiger partial charge in [0.2, 0.25) is 0 Å². The third kappa shape index (κ3) is 2.19. The van der Waals surface area contributed by atoms with Gasteiger partial charge in [0.1, 0.15) is 11.1 Å². The smallest absolute Gasteiger partial charge is 0.411 e. The van der Waals surface area contributed by atoms with Crippen molar-refractivity contribution < 1.29 is 19.4 Å². The summed E-state index contributed by atoms with van der Waals surface area (Å²) in [5, 5.41) is 9.60. The maximum Gasteiger partial charge on any atom is 0.411 e. The highest BCUT2D eigenvalue weighted by molar-refractivity contribution is 5.86. The molecule has 0 aromatic rings. The lowest BCUT2D eigenvalue weighted by Gasteiger charge is -2.40. The van der Waals surface area contributed by atoms with Crippen LogP contribution in [0.3, 0.4) is 0 Å². The minimum Gasteiger partial charge on any atom is -0.479 e. The highest BCUT2D eigenvalue weighted by atomic mass is 16.6. The van der Waals surface area contributed by atoms with Crippen LogP contribution in [0.1, 0.15) is 53.4 Å². The van der Waals surface area contributed by atoms with Crippen molar-refractivity contribution in [3.8, 4) is 0 Å². The van der Waals surface area contributed by atoms with E-state index in [9.17, 15) is 14.7 Å².